The van der Waals surface area contributed by atoms with E-state index in [9.17, 15) is 0 Å². The molecule has 0 saturated heterocycles. The van der Waals surface area contributed by atoms with Gasteiger partial charge in [-0.15, -0.1) is 0 Å². The highest BCUT2D eigenvalue weighted by Gasteiger charge is 2.16. The summed E-state index contributed by atoms with van der Waals surface area (Å²) in [5.41, 5.74) is 11.7. The Bertz CT molecular complexity index is 786. The summed E-state index contributed by atoms with van der Waals surface area (Å²) in [6, 6.07) is 16.5. The van der Waals surface area contributed by atoms with Crippen LogP contribution in [0.5, 0.6) is 0 Å². The van der Waals surface area contributed by atoms with Crippen LogP contribution in [0.15, 0.2) is 48.5 Å². The van der Waals surface area contributed by atoms with Gasteiger partial charge >= 0.3 is 0 Å². The van der Waals surface area contributed by atoms with E-state index in [1.165, 1.54) is 11.1 Å². The van der Waals surface area contributed by atoms with Crippen LogP contribution in [0.3, 0.4) is 0 Å². The van der Waals surface area contributed by atoms with E-state index in [1.807, 2.05) is 41.9 Å². The summed E-state index contributed by atoms with van der Waals surface area (Å²) in [6.07, 6.45) is 0. The van der Waals surface area contributed by atoms with Gasteiger partial charge in [-0.25, -0.2) is 4.98 Å². The molecule has 0 unspecified atom stereocenters. The summed E-state index contributed by atoms with van der Waals surface area (Å²) in [4.78, 5) is 4.78. The van der Waals surface area contributed by atoms with E-state index >= 15 is 0 Å². The van der Waals surface area contributed by atoms with Crippen molar-refractivity contribution >= 4 is 5.82 Å². The molecule has 0 aliphatic carbocycles. The van der Waals surface area contributed by atoms with Gasteiger partial charge in [0.1, 0.15) is 17.3 Å². The Morgan fingerprint density at radius 3 is 2.38 bits per heavy atom. The van der Waals surface area contributed by atoms with Crippen LogP contribution in [0.4, 0.5) is 5.82 Å². The zero-order chi connectivity index (χ0) is 15.0. The lowest BCUT2D eigenvalue weighted by Gasteiger charge is -2.05. The van der Waals surface area contributed by atoms with Gasteiger partial charge in [0.25, 0.3) is 0 Å². The number of nitrogens with two attached hydrogens (primary N) is 1. The van der Waals surface area contributed by atoms with Crippen LogP contribution in [0, 0.1) is 13.8 Å². The first-order valence-electron chi connectivity index (χ1n) is 7.03. The first-order valence-corrected chi connectivity index (χ1v) is 7.03. The standard InChI is InChI=1S/C18H19N3/c1-12-9-10-15(13(2)11-12)16-17(19)21(3)18(20-16)14-7-5-4-6-8-14/h4-11H,19H2,1-3H3. The molecule has 0 bridgehead atoms. The molecule has 3 nitrogen and oxygen atoms in total. The Hall–Kier alpha value is -2.55. The van der Waals surface area contributed by atoms with Crippen LogP contribution >= 0.6 is 0 Å². The minimum absolute atomic E-state index is 0.695. The highest BCUT2D eigenvalue weighted by Crippen LogP contribution is 2.32. The predicted octanol–water partition coefficient (Wildman–Crippen LogP) is 3.95. The van der Waals surface area contributed by atoms with Crippen LogP contribution in [0.1, 0.15) is 11.1 Å². The molecule has 0 fully saturated rings. The lowest BCUT2D eigenvalue weighted by Crippen LogP contribution is -1.99. The average Bonchev–Trinajstić information content (AvgIpc) is 2.77. The third kappa shape index (κ3) is 2.31. The number of nitrogen functional groups attached to an aromatic ring is 1. The van der Waals surface area contributed by atoms with E-state index in [0.717, 1.165) is 22.6 Å². The zero-order valence-electron chi connectivity index (χ0n) is 12.6. The summed E-state index contributed by atoms with van der Waals surface area (Å²) in [6.45, 7) is 4.19. The Morgan fingerprint density at radius 1 is 1.00 bits per heavy atom. The van der Waals surface area contributed by atoms with Gasteiger partial charge < -0.3 is 10.3 Å². The zero-order valence-corrected chi connectivity index (χ0v) is 12.6. The molecular formula is C18H19N3. The monoisotopic (exact) mass is 277 g/mol. The smallest absolute Gasteiger partial charge is 0.142 e. The molecule has 0 amide bonds. The number of aryl methyl sites for hydroxylation is 2. The van der Waals surface area contributed by atoms with Crippen molar-refractivity contribution in [1.82, 2.24) is 9.55 Å². The van der Waals surface area contributed by atoms with Gasteiger partial charge in [0.2, 0.25) is 0 Å². The van der Waals surface area contributed by atoms with Gasteiger partial charge in [0.15, 0.2) is 0 Å². The molecule has 1 heterocycles. The van der Waals surface area contributed by atoms with Crippen LogP contribution in [0.25, 0.3) is 22.6 Å². The normalized spacial score (nSPS) is 10.8. The van der Waals surface area contributed by atoms with Crippen molar-refractivity contribution in [3.05, 3.63) is 59.7 Å². The van der Waals surface area contributed by atoms with Crippen molar-refractivity contribution in [2.45, 2.75) is 13.8 Å². The molecule has 21 heavy (non-hydrogen) atoms. The Balaban J connectivity index is 2.17. The lowest BCUT2D eigenvalue weighted by molar-refractivity contribution is 0.937. The number of hydrogen-bond donors (Lipinski definition) is 1. The Morgan fingerprint density at radius 2 is 1.71 bits per heavy atom. The maximum absolute atomic E-state index is 6.28. The first kappa shape index (κ1) is 13.4. The third-order valence-electron chi connectivity index (χ3n) is 3.81. The Kier molecular flexibility index (Phi) is 3.26. The molecule has 0 atom stereocenters. The van der Waals surface area contributed by atoms with E-state index in [2.05, 4.69) is 32.0 Å². The van der Waals surface area contributed by atoms with Gasteiger partial charge in [0, 0.05) is 18.2 Å². The summed E-state index contributed by atoms with van der Waals surface area (Å²) in [5, 5.41) is 0. The number of aromatic nitrogens is 2. The molecule has 0 radical (unpaired) electrons. The van der Waals surface area contributed by atoms with Gasteiger partial charge in [-0.1, -0.05) is 54.1 Å². The molecule has 3 aromatic rings. The largest absolute Gasteiger partial charge is 0.383 e. The molecule has 3 heteroatoms. The van der Waals surface area contributed by atoms with E-state index in [0.29, 0.717) is 5.82 Å². The quantitative estimate of drug-likeness (QED) is 0.770. The summed E-state index contributed by atoms with van der Waals surface area (Å²) in [7, 11) is 1.96. The van der Waals surface area contributed by atoms with Gasteiger partial charge in [0.05, 0.1) is 0 Å². The van der Waals surface area contributed by atoms with Crippen molar-refractivity contribution in [2.24, 2.45) is 7.05 Å². The molecule has 0 aliphatic heterocycles. The fourth-order valence-corrected chi connectivity index (χ4v) is 2.63. The number of anilines is 1. The highest BCUT2D eigenvalue weighted by atomic mass is 15.1. The minimum Gasteiger partial charge on any atom is -0.383 e. The fraction of sp³-hybridized carbons (Fsp3) is 0.167. The summed E-state index contributed by atoms with van der Waals surface area (Å²) >= 11 is 0. The minimum atomic E-state index is 0.695. The highest BCUT2D eigenvalue weighted by molar-refractivity contribution is 5.77. The van der Waals surface area contributed by atoms with Crippen molar-refractivity contribution in [1.29, 1.82) is 0 Å². The summed E-state index contributed by atoms with van der Waals surface area (Å²) in [5.74, 6) is 1.59. The molecule has 106 valence electrons. The second-order valence-electron chi connectivity index (χ2n) is 5.41. The third-order valence-corrected chi connectivity index (χ3v) is 3.81. The number of rotatable bonds is 2. The Labute approximate surface area is 125 Å². The molecule has 1 aromatic heterocycles. The van der Waals surface area contributed by atoms with Gasteiger partial charge in [-0.3, -0.25) is 0 Å². The maximum atomic E-state index is 6.28. The maximum Gasteiger partial charge on any atom is 0.142 e. The van der Waals surface area contributed by atoms with Crippen molar-refractivity contribution in [3.63, 3.8) is 0 Å². The number of benzene rings is 2. The van der Waals surface area contributed by atoms with E-state index in [1.54, 1.807) is 0 Å². The van der Waals surface area contributed by atoms with Crippen molar-refractivity contribution in [2.75, 3.05) is 5.73 Å². The number of imidazole rings is 1. The predicted molar refractivity (Wildman–Crippen MR) is 88.0 cm³/mol. The van der Waals surface area contributed by atoms with Crippen molar-refractivity contribution < 1.29 is 0 Å². The molecule has 0 spiro atoms. The van der Waals surface area contributed by atoms with E-state index in [-0.39, 0.29) is 0 Å². The van der Waals surface area contributed by atoms with Crippen LogP contribution in [-0.2, 0) is 7.05 Å². The van der Waals surface area contributed by atoms with Crippen LogP contribution < -0.4 is 5.73 Å². The molecule has 2 aromatic carbocycles. The molecular weight excluding hydrogens is 258 g/mol. The molecule has 0 aliphatic rings. The molecule has 0 saturated carbocycles. The van der Waals surface area contributed by atoms with Gasteiger partial charge in [-0.2, -0.15) is 0 Å². The van der Waals surface area contributed by atoms with E-state index < -0.39 is 0 Å². The second kappa shape index (κ2) is 5.09. The fourth-order valence-electron chi connectivity index (χ4n) is 2.63. The van der Waals surface area contributed by atoms with Crippen LogP contribution in [0.2, 0.25) is 0 Å². The molecule has 3 rings (SSSR count). The first-order chi connectivity index (χ1) is 10.1. The number of nitrogens with zero attached hydrogens (tertiary/aromatic N) is 2. The number of hydrogen-bond acceptors (Lipinski definition) is 2. The molecule has 2 N–H and O–H groups in total. The van der Waals surface area contributed by atoms with E-state index in [4.69, 9.17) is 10.7 Å². The van der Waals surface area contributed by atoms with Crippen molar-refractivity contribution in [3.8, 4) is 22.6 Å². The van der Waals surface area contributed by atoms with Crippen LogP contribution in [-0.4, -0.2) is 9.55 Å². The topological polar surface area (TPSA) is 43.8 Å². The lowest BCUT2D eigenvalue weighted by atomic mass is 10.0. The second-order valence-corrected chi connectivity index (χ2v) is 5.41. The summed E-state index contributed by atoms with van der Waals surface area (Å²) < 4.78 is 1.95. The SMILES string of the molecule is Cc1ccc(-c2nc(-c3ccccc3)n(C)c2N)c(C)c1. The van der Waals surface area contributed by atoms with Gasteiger partial charge in [-0.05, 0) is 19.4 Å². The average molecular weight is 277 g/mol.